The molecule has 96 valence electrons. The standard InChI is InChI=1S/C12H10BrN5S/c13-8-3-1-2-4-9(8)19-12-11-15-5-6-18(11)7-10(16-12)17-14/h1-7,17H,14H2. The van der Waals surface area contributed by atoms with E-state index in [9.17, 15) is 0 Å². The van der Waals surface area contributed by atoms with Crippen molar-refractivity contribution in [1.82, 2.24) is 14.4 Å². The van der Waals surface area contributed by atoms with Gasteiger partial charge in [-0.15, -0.1) is 0 Å². The van der Waals surface area contributed by atoms with Crippen molar-refractivity contribution >= 4 is 39.2 Å². The molecule has 1 aromatic carbocycles. The van der Waals surface area contributed by atoms with Crippen LogP contribution in [0, 0.1) is 0 Å². The Balaban J connectivity index is 2.09. The van der Waals surface area contributed by atoms with Crippen molar-refractivity contribution in [1.29, 1.82) is 0 Å². The highest BCUT2D eigenvalue weighted by Crippen LogP contribution is 2.34. The van der Waals surface area contributed by atoms with Crippen molar-refractivity contribution in [3.8, 4) is 0 Å². The fourth-order valence-electron chi connectivity index (χ4n) is 1.67. The first-order valence-electron chi connectivity index (χ1n) is 5.50. The van der Waals surface area contributed by atoms with Gasteiger partial charge in [-0.2, -0.15) is 0 Å². The number of imidazole rings is 1. The van der Waals surface area contributed by atoms with Gasteiger partial charge in [0.05, 0.1) is 6.20 Å². The SMILES string of the molecule is NNc1cn2ccnc2c(Sc2ccccc2Br)n1. The zero-order valence-corrected chi connectivity index (χ0v) is 12.1. The third kappa shape index (κ3) is 2.44. The van der Waals surface area contributed by atoms with Gasteiger partial charge in [-0.1, -0.05) is 23.9 Å². The number of hydrazine groups is 1. The molecule has 0 spiro atoms. The monoisotopic (exact) mass is 335 g/mol. The molecule has 0 aliphatic heterocycles. The minimum absolute atomic E-state index is 0.597. The molecule has 0 atom stereocenters. The summed E-state index contributed by atoms with van der Waals surface area (Å²) in [6, 6.07) is 7.99. The van der Waals surface area contributed by atoms with E-state index in [-0.39, 0.29) is 0 Å². The van der Waals surface area contributed by atoms with Crippen LogP contribution in [-0.2, 0) is 0 Å². The molecule has 2 aromatic heterocycles. The molecule has 3 aromatic rings. The summed E-state index contributed by atoms with van der Waals surface area (Å²) in [5.41, 5.74) is 3.37. The summed E-state index contributed by atoms with van der Waals surface area (Å²) in [5, 5.41) is 0.798. The van der Waals surface area contributed by atoms with Crippen LogP contribution in [0.1, 0.15) is 0 Å². The molecule has 19 heavy (non-hydrogen) atoms. The van der Waals surface area contributed by atoms with E-state index >= 15 is 0 Å². The number of benzene rings is 1. The van der Waals surface area contributed by atoms with Crippen LogP contribution in [0.15, 0.2) is 57.3 Å². The zero-order valence-electron chi connectivity index (χ0n) is 9.75. The molecule has 2 heterocycles. The molecular weight excluding hydrogens is 326 g/mol. The smallest absolute Gasteiger partial charge is 0.170 e. The van der Waals surface area contributed by atoms with Crippen LogP contribution in [0.2, 0.25) is 0 Å². The number of halogens is 1. The number of rotatable bonds is 3. The van der Waals surface area contributed by atoms with Gasteiger partial charge in [0.2, 0.25) is 0 Å². The molecule has 0 bridgehead atoms. The van der Waals surface area contributed by atoms with Crippen LogP contribution in [0.25, 0.3) is 5.65 Å². The topological polar surface area (TPSA) is 68.2 Å². The summed E-state index contributed by atoms with van der Waals surface area (Å²) >= 11 is 5.07. The fraction of sp³-hybridized carbons (Fsp3) is 0. The van der Waals surface area contributed by atoms with E-state index in [1.54, 1.807) is 24.2 Å². The zero-order chi connectivity index (χ0) is 13.2. The number of hydrogen-bond acceptors (Lipinski definition) is 5. The number of nitrogens with zero attached hydrogens (tertiary/aromatic N) is 3. The van der Waals surface area contributed by atoms with Crippen molar-refractivity contribution in [2.45, 2.75) is 9.92 Å². The normalized spacial score (nSPS) is 10.8. The molecule has 3 rings (SSSR count). The first-order valence-corrected chi connectivity index (χ1v) is 7.11. The van der Waals surface area contributed by atoms with E-state index in [0.29, 0.717) is 5.82 Å². The number of aromatic nitrogens is 3. The molecule has 0 radical (unpaired) electrons. The summed E-state index contributed by atoms with van der Waals surface area (Å²) in [6.07, 6.45) is 5.40. The maximum absolute atomic E-state index is 5.44. The van der Waals surface area contributed by atoms with Crippen molar-refractivity contribution in [3.05, 3.63) is 47.3 Å². The Morgan fingerprint density at radius 3 is 2.95 bits per heavy atom. The van der Waals surface area contributed by atoms with Crippen molar-refractivity contribution in [2.24, 2.45) is 5.84 Å². The first-order chi connectivity index (χ1) is 9.28. The summed E-state index contributed by atoms with van der Waals surface area (Å²) in [6.45, 7) is 0. The van der Waals surface area contributed by atoms with Crippen LogP contribution in [0.5, 0.6) is 0 Å². The largest absolute Gasteiger partial charge is 0.307 e. The molecule has 0 aliphatic carbocycles. The Labute approximate surface area is 122 Å². The van der Waals surface area contributed by atoms with E-state index in [1.807, 2.05) is 34.9 Å². The van der Waals surface area contributed by atoms with Crippen molar-refractivity contribution in [2.75, 3.05) is 5.43 Å². The van der Waals surface area contributed by atoms with Crippen LogP contribution in [0.4, 0.5) is 5.82 Å². The summed E-state index contributed by atoms with van der Waals surface area (Å²) in [7, 11) is 0. The van der Waals surface area contributed by atoms with Gasteiger partial charge in [-0.25, -0.2) is 15.8 Å². The number of hydrogen-bond donors (Lipinski definition) is 2. The molecule has 0 saturated carbocycles. The van der Waals surface area contributed by atoms with Gasteiger partial charge in [0.25, 0.3) is 0 Å². The number of fused-ring (bicyclic) bond motifs is 1. The third-order valence-corrected chi connectivity index (χ3v) is 4.53. The summed E-state index contributed by atoms with van der Waals surface area (Å²) in [5.74, 6) is 6.03. The van der Waals surface area contributed by atoms with Crippen LogP contribution in [0.3, 0.4) is 0 Å². The Morgan fingerprint density at radius 2 is 2.16 bits per heavy atom. The second-order valence-electron chi connectivity index (χ2n) is 3.77. The minimum Gasteiger partial charge on any atom is -0.307 e. The van der Waals surface area contributed by atoms with Crippen molar-refractivity contribution < 1.29 is 0 Å². The summed E-state index contributed by atoms with van der Waals surface area (Å²) < 4.78 is 2.92. The maximum atomic E-state index is 5.44. The molecule has 0 amide bonds. The van der Waals surface area contributed by atoms with Gasteiger partial charge < -0.3 is 9.83 Å². The minimum atomic E-state index is 0.597. The maximum Gasteiger partial charge on any atom is 0.170 e. The molecular formula is C12H10BrN5S. The number of anilines is 1. The van der Waals surface area contributed by atoms with E-state index < -0.39 is 0 Å². The Bertz CT molecular complexity index is 727. The fourth-order valence-corrected chi connectivity index (χ4v) is 3.11. The third-order valence-electron chi connectivity index (χ3n) is 2.53. The highest BCUT2D eigenvalue weighted by molar-refractivity contribution is 9.10. The Morgan fingerprint density at radius 1 is 1.32 bits per heavy atom. The molecule has 0 saturated heterocycles. The number of nitrogens with two attached hydrogens (primary N) is 1. The highest BCUT2D eigenvalue weighted by Gasteiger charge is 2.10. The average Bonchev–Trinajstić information content (AvgIpc) is 2.89. The van der Waals surface area contributed by atoms with Crippen molar-refractivity contribution in [3.63, 3.8) is 0 Å². The molecule has 0 aliphatic rings. The second kappa shape index (κ2) is 5.20. The van der Waals surface area contributed by atoms with Gasteiger partial charge in [0.15, 0.2) is 11.5 Å². The van der Waals surface area contributed by atoms with Gasteiger partial charge in [-0.3, -0.25) is 0 Å². The Hall–Kier alpha value is -1.57. The molecule has 3 N–H and O–H groups in total. The quantitative estimate of drug-likeness (QED) is 0.569. The van der Waals surface area contributed by atoms with Gasteiger partial charge in [0, 0.05) is 21.8 Å². The number of nitrogen functional groups attached to an aromatic ring is 1. The van der Waals surface area contributed by atoms with E-state index in [1.165, 1.54) is 0 Å². The predicted octanol–water partition coefficient (Wildman–Crippen LogP) is 2.93. The molecule has 7 heteroatoms. The van der Waals surface area contributed by atoms with Crippen LogP contribution in [-0.4, -0.2) is 14.4 Å². The van der Waals surface area contributed by atoms with Gasteiger partial charge >= 0.3 is 0 Å². The molecule has 0 fully saturated rings. The lowest BCUT2D eigenvalue weighted by atomic mass is 10.4. The first kappa shape index (κ1) is 12.5. The van der Waals surface area contributed by atoms with Crippen LogP contribution >= 0.6 is 27.7 Å². The highest BCUT2D eigenvalue weighted by atomic mass is 79.9. The lowest BCUT2D eigenvalue weighted by molar-refractivity contribution is 1.02. The lowest BCUT2D eigenvalue weighted by Crippen LogP contribution is -2.10. The van der Waals surface area contributed by atoms with Gasteiger partial charge in [-0.05, 0) is 28.1 Å². The number of nitrogens with one attached hydrogen (secondary N) is 1. The van der Waals surface area contributed by atoms with E-state index in [4.69, 9.17) is 5.84 Å². The average molecular weight is 336 g/mol. The van der Waals surface area contributed by atoms with Crippen LogP contribution < -0.4 is 11.3 Å². The van der Waals surface area contributed by atoms with E-state index in [2.05, 4.69) is 31.3 Å². The van der Waals surface area contributed by atoms with Gasteiger partial charge in [0.1, 0.15) is 5.03 Å². The van der Waals surface area contributed by atoms with E-state index in [0.717, 1.165) is 20.0 Å². The summed E-state index contributed by atoms with van der Waals surface area (Å²) in [4.78, 5) is 9.84. The molecule has 0 unspecified atom stereocenters. The second-order valence-corrected chi connectivity index (χ2v) is 5.65. The lowest BCUT2D eigenvalue weighted by Gasteiger charge is -2.07. The Kier molecular flexibility index (Phi) is 3.41. The molecule has 5 nitrogen and oxygen atoms in total. The predicted molar refractivity (Wildman–Crippen MR) is 79.1 cm³/mol.